The van der Waals surface area contributed by atoms with Crippen LogP contribution < -0.4 is 10.1 Å². The maximum Gasteiger partial charge on any atom is 0.251 e. The number of hydrogen-bond acceptors (Lipinski definition) is 4. The fraction of sp³-hybridized carbons (Fsp3) is 0.435. The zero-order valence-corrected chi connectivity index (χ0v) is 15.7. The molecule has 6 rings (SSSR count). The highest BCUT2D eigenvalue weighted by molar-refractivity contribution is 5.94. The molecule has 2 heterocycles. The Bertz CT molecular complexity index is 960. The molecule has 2 aliphatic heterocycles. The minimum Gasteiger partial charge on any atom is -0.449 e. The summed E-state index contributed by atoms with van der Waals surface area (Å²) in [5.41, 5.74) is 3.42. The molecule has 5 nitrogen and oxygen atoms in total. The molecule has 1 saturated heterocycles. The number of piperidine rings is 1. The molecule has 1 saturated carbocycles. The third-order valence-electron chi connectivity index (χ3n) is 7.50. The Morgan fingerprint density at radius 3 is 2.89 bits per heavy atom. The number of nitrogens with one attached hydrogen (secondary N) is 1. The molecule has 2 aromatic rings. The predicted octanol–water partition coefficient (Wildman–Crippen LogP) is 3.65. The van der Waals surface area contributed by atoms with Crippen molar-refractivity contribution >= 4 is 5.91 Å². The maximum absolute atomic E-state index is 12.7. The van der Waals surface area contributed by atoms with Crippen LogP contribution in [0.4, 0.5) is 0 Å². The maximum atomic E-state index is 12.7. The van der Waals surface area contributed by atoms with Gasteiger partial charge in [-0.05, 0) is 61.8 Å². The number of fused-ring (bicyclic) bond motifs is 3. The SMILES string of the molecule is O=C(N[C@H]1CC[C@H]2[C@H]3Cc4c(ccc5c4O5)[C@@]2(CCN3O)C1)c1ccccc1. The van der Waals surface area contributed by atoms with E-state index in [1.54, 1.807) is 5.06 Å². The zero-order valence-electron chi connectivity index (χ0n) is 15.7. The van der Waals surface area contributed by atoms with Gasteiger partial charge in [0, 0.05) is 35.2 Å². The second kappa shape index (κ2) is 5.82. The Balaban J connectivity index is 1.34. The lowest BCUT2D eigenvalue weighted by Gasteiger charge is -2.58. The van der Waals surface area contributed by atoms with Gasteiger partial charge in [-0.3, -0.25) is 4.79 Å². The van der Waals surface area contributed by atoms with Crippen LogP contribution in [0.1, 0.15) is 47.2 Å². The molecule has 28 heavy (non-hydrogen) atoms. The first-order chi connectivity index (χ1) is 13.7. The lowest BCUT2D eigenvalue weighted by atomic mass is 9.52. The topological polar surface area (TPSA) is 65.1 Å². The van der Waals surface area contributed by atoms with Crippen molar-refractivity contribution in [3.8, 4) is 11.5 Å². The molecule has 2 fully saturated rings. The normalized spacial score (nSPS) is 32.4. The van der Waals surface area contributed by atoms with Gasteiger partial charge in [-0.2, -0.15) is 5.06 Å². The summed E-state index contributed by atoms with van der Waals surface area (Å²) in [6.07, 6.45) is 4.72. The quantitative estimate of drug-likeness (QED) is 0.670. The average Bonchev–Trinajstić information content (AvgIpc) is 3.51. The summed E-state index contributed by atoms with van der Waals surface area (Å²) < 4.78 is 5.69. The third kappa shape index (κ3) is 2.29. The molecule has 4 atom stereocenters. The van der Waals surface area contributed by atoms with Crippen LogP contribution in [0, 0.1) is 5.92 Å². The molecule has 144 valence electrons. The van der Waals surface area contributed by atoms with E-state index in [2.05, 4.69) is 17.4 Å². The first-order valence-corrected chi connectivity index (χ1v) is 10.3. The minimum absolute atomic E-state index is 0.0105. The Morgan fingerprint density at radius 2 is 2.04 bits per heavy atom. The first kappa shape index (κ1) is 16.6. The standard InChI is InChI=1S/C23H24N2O3/c26-22(14-4-2-1-3-5-14)24-15-6-7-18-19-12-16-17(8-9-20-21(16)28-20)23(18,13-15)10-11-25(19)27/h1-5,8-9,15,18-19,27H,6-7,10-13H2,(H,24,26)/t15-,18-,19+,23+/m0/s1. The second-order valence-electron chi connectivity index (χ2n) is 8.79. The van der Waals surface area contributed by atoms with Crippen molar-refractivity contribution in [1.29, 1.82) is 0 Å². The predicted molar refractivity (Wildman–Crippen MR) is 104 cm³/mol. The van der Waals surface area contributed by atoms with Gasteiger partial charge in [-0.25, -0.2) is 0 Å². The van der Waals surface area contributed by atoms with Crippen LogP contribution in [-0.2, 0) is 11.8 Å². The van der Waals surface area contributed by atoms with E-state index in [1.165, 1.54) is 11.1 Å². The highest BCUT2D eigenvalue weighted by atomic mass is 16.6. The Hall–Kier alpha value is -2.37. The van der Waals surface area contributed by atoms with Gasteiger partial charge in [0.25, 0.3) is 5.91 Å². The molecule has 0 unspecified atom stereocenters. The van der Waals surface area contributed by atoms with Crippen LogP contribution in [0.3, 0.4) is 0 Å². The number of amides is 1. The van der Waals surface area contributed by atoms with Gasteiger partial charge in [-0.1, -0.05) is 24.3 Å². The van der Waals surface area contributed by atoms with Gasteiger partial charge < -0.3 is 15.3 Å². The highest BCUT2D eigenvalue weighted by Crippen LogP contribution is 2.61. The van der Waals surface area contributed by atoms with E-state index in [0.717, 1.165) is 43.6 Å². The number of carbonyl (C=O) groups excluding carboxylic acids is 1. The molecule has 2 bridgehead atoms. The van der Waals surface area contributed by atoms with Gasteiger partial charge in [-0.15, -0.1) is 0 Å². The summed E-state index contributed by atoms with van der Waals surface area (Å²) in [4.78, 5) is 12.7. The number of nitrogens with zero attached hydrogens (tertiary/aromatic N) is 1. The van der Waals surface area contributed by atoms with Gasteiger partial charge in [0.1, 0.15) is 0 Å². The number of ether oxygens (including phenoxy) is 1. The van der Waals surface area contributed by atoms with E-state index >= 15 is 0 Å². The van der Waals surface area contributed by atoms with Crippen LogP contribution >= 0.6 is 0 Å². The van der Waals surface area contributed by atoms with Crippen LogP contribution in [-0.4, -0.2) is 34.8 Å². The van der Waals surface area contributed by atoms with E-state index in [0.29, 0.717) is 18.0 Å². The minimum atomic E-state index is 0.0105. The van der Waals surface area contributed by atoms with Crippen molar-refractivity contribution in [2.45, 2.75) is 49.6 Å². The molecule has 0 aromatic heterocycles. The van der Waals surface area contributed by atoms with Crippen molar-refractivity contribution in [2.24, 2.45) is 5.92 Å². The highest BCUT2D eigenvalue weighted by Gasteiger charge is 2.57. The van der Waals surface area contributed by atoms with Crippen molar-refractivity contribution in [3.05, 3.63) is 59.2 Å². The molecule has 2 aliphatic carbocycles. The monoisotopic (exact) mass is 376 g/mol. The number of hydrogen-bond donors (Lipinski definition) is 2. The molecule has 2 N–H and O–H groups in total. The lowest BCUT2D eigenvalue weighted by molar-refractivity contribution is -0.188. The molecule has 5 heteroatoms. The average molecular weight is 376 g/mol. The van der Waals surface area contributed by atoms with Crippen LogP contribution in [0.15, 0.2) is 42.5 Å². The summed E-state index contributed by atoms with van der Waals surface area (Å²) >= 11 is 0. The summed E-state index contributed by atoms with van der Waals surface area (Å²) in [5, 5.41) is 15.4. The van der Waals surface area contributed by atoms with E-state index in [9.17, 15) is 10.0 Å². The van der Waals surface area contributed by atoms with Crippen molar-refractivity contribution in [1.82, 2.24) is 10.4 Å². The summed E-state index contributed by atoms with van der Waals surface area (Å²) in [7, 11) is 0. The number of hydroxylamine groups is 2. The summed E-state index contributed by atoms with van der Waals surface area (Å²) in [6.45, 7) is 0.692. The van der Waals surface area contributed by atoms with E-state index < -0.39 is 0 Å². The van der Waals surface area contributed by atoms with Crippen LogP contribution in [0.25, 0.3) is 0 Å². The van der Waals surface area contributed by atoms with Crippen LogP contribution in [0.2, 0.25) is 0 Å². The van der Waals surface area contributed by atoms with Gasteiger partial charge in [0.15, 0.2) is 11.5 Å². The number of carbonyl (C=O) groups is 1. The zero-order chi connectivity index (χ0) is 18.9. The van der Waals surface area contributed by atoms with E-state index in [-0.39, 0.29) is 23.4 Å². The lowest BCUT2D eigenvalue weighted by Crippen LogP contribution is -2.62. The van der Waals surface area contributed by atoms with E-state index in [4.69, 9.17) is 4.74 Å². The van der Waals surface area contributed by atoms with E-state index in [1.807, 2.05) is 30.3 Å². The van der Waals surface area contributed by atoms with Gasteiger partial charge in [0.05, 0.1) is 0 Å². The molecule has 1 amide bonds. The molecule has 4 aliphatic rings. The number of rotatable bonds is 2. The molecule has 0 radical (unpaired) electrons. The second-order valence-corrected chi connectivity index (χ2v) is 8.79. The molecular weight excluding hydrogens is 352 g/mol. The van der Waals surface area contributed by atoms with Gasteiger partial charge >= 0.3 is 0 Å². The molecular formula is C23H24N2O3. The number of benzene rings is 2. The smallest absolute Gasteiger partial charge is 0.251 e. The fourth-order valence-electron chi connectivity index (χ4n) is 6.22. The largest absolute Gasteiger partial charge is 0.449 e. The first-order valence-electron chi connectivity index (χ1n) is 10.3. The molecule has 0 spiro atoms. The Morgan fingerprint density at radius 1 is 1.18 bits per heavy atom. The Kier molecular flexibility index (Phi) is 3.44. The van der Waals surface area contributed by atoms with Crippen LogP contribution in [0.5, 0.6) is 11.5 Å². The van der Waals surface area contributed by atoms with Crippen molar-refractivity contribution in [3.63, 3.8) is 0 Å². The van der Waals surface area contributed by atoms with Crippen molar-refractivity contribution in [2.75, 3.05) is 6.54 Å². The van der Waals surface area contributed by atoms with Gasteiger partial charge in [0.2, 0.25) is 0 Å². The van der Waals surface area contributed by atoms with Crippen molar-refractivity contribution < 1.29 is 14.7 Å². The Labute approximate surface area is 164 Å². The molecule has 2 aromatic carbocycles. The summed E-state index contributed by atoms with van der Waals surface area (Å²) in [6, 6.07) is 14.1. The summed E-state index contributed by atoms with van der Waals surface area (Å²) in [5.74, 6) is 2.46. The fourth-order valence-corrected chi connectivity index (χ4v) is 6.22. The third-order valence-corrected chi connectivity index (χ3v) is 7.50.